The van der Waals surface area contributed by atoms with Crippen LogP contribution < -0.4 is 11.1 Å². The highest BCUT2D eigenvalue weighted by Gasteiger charge is 2.41. The van der Waals surface area contributed by atoms with Gasteiger partial charge in [-0.3, -0.25) is 4.79 Å². The topological polar surface area (TPSA) is 72.4 Å². The predicted molar refractivity (Wildman–Crippen MR) is 114 cm³/mol. The van der Waals surface area contributed by atoms with Crippen molar-refractivity contribution < 1.29 is 4.79 Å². The van der Waals surface area contributed by atoms with E-state index < -0.39 is 5.91 Å². The molecule has 0 aliphatic heterocycles. The summed E-state index contributed by atoms with van der Waals surface area (Å²) in [4.78, 5) is 12.1. The smallest absolute Gasteiger partial charge is 0.252 e. The Morgan fingerprint density at radius 3 is 2.71 bits per heavy atom. The van der Waals surface area contributed by atoms with Crippen molar-refractivity contribution in [2.45, 2.75) is 39.7 Å². The molecular weight excluding hydrogens is 372 g/mol. The van der Waals surface area contributed by atoms with Crippen molar-refractivity contribution in [1.82, 2.24) is 9.61 Å². The van der Waals surface area contributed by atoms with E-state index in [0.717, 1.165) is 35.2 Å². The Hall–Kier alpha value is -2.53. The van der Waals surface area contributed by atoms with Crippen LogP contribution >= 0.6 is 11.6 Å². The van der Waals surface area contributed by atoms with E-state index in [9.17, 15) is 4.79 Å². The molecule has 5 nitrogen and oxygen atoms in total. The molecule has 2 aromatic heterocycles. The van der Waals surface area contributed by atoms with E-state index in [0.29, 0.717) is 16.5 Å². The number of nitrogens with two attached hydrogens (primary N) is 1. The number of rotatable bonds is 4. The highest BCUT2D eigenvalue weighted by atomic mass is 35.5. The van der Waals surface area contributed by atoms with Crippen LogP contribution in [0.25, 0.3) is 16.6 Å². The van der Waals surface area contributed by atoms with Crippen molar-refractivity contribution in [3.05, 3.63) is 53.3 Å². The molecule has 1 aliphatic carbocycles. The summed E-state index contributed by atoms with van der Waals surface area (Å²) >= 11 is 6.15. The molecule has 2 atom stereocenters. The number of hydrogen-bond donors (Lipinski definition) is 2. The number of hydrogen-bond acceptors (Lipinski definition) is 3. The molecule has 6 heteroatoms. The van der Waals surface area contributed by atoms with Crippen LogP contribution in [0.2, 0.25) is 5.02 Å². The first-order valence-electron chi connectivity index (χ1n) is 9.61. The van der Waals surface area contributed by atoms with Gasteiger partial charge < -0.3 is 11.1 Å². The average Bonchev–Trinajstić information content (AvgIpc) is 3.18. The molecule has 4 rings (SSSR count). The number of aromatic nitrogens is 2. The average molecular weight is 397 g/mol. The number of primary amides is 1. The SMILES string of the molecule is CC1CC[C@@H](Nc2c(C(N)=O)cnn3cc(-c4cccc(Cl)c4)cc23)C1(C)C. The van der Waals surface area contributed by atoms with Crippen LogP contribution in [0.3, 0.4) is 0 Å². The van der Waals surface area contributed by atoms with Crippen LogP contribution in [-0.2, 0) is 0 Å². The van der Waals surface area contributed by atoms with Gasteiger partial charge in [-0.05, 0) is 47.9 Å². The fourth-order valence-electron chi connectivity index (χ4n) is 4.16. The Kier molecular flexibility index (Phi) is 4.58. The molecule has 1 unspecified atom stereocenters. The van der Waals surface area contributed by atoms with Crippen LogP contribution in [-0.4, -0.2) is 21.6 Å². The lowest BCUT2D eigenvalue weighted by Crippen LogP contribution is -2.35. The Balaban J connectivity index is 1.83. The van der Waals surface area contributed by atoms with Gasteiger partial charge in [-0.25, -0.2) is 4.52 Å². The third kappa shape index (κ3) is 3.14. The molecule has 1 fully saturated rings. The number of nitrogens with one attached hydrogen (secondary N) is 1. The second-order valence-corrected chi connectivity index (χ2v) is 8.80. The van der Waals surface area contributed by atoms with Crippen LogP contribution in [0.15, 0.2) is 42.7 Å². The third-order valence-electron chi connectivity index (χ3n) is 6.44. The normalized spacial score (nSPS) is 21.1. The molecule has 0 spiro atoms. The van der Waals surface area contributed by atoms with E-state index in [1.165, 1.54) is 0 Å². The van der Waals surface area contributed by atoms with E-state index in [2.05, 4.69) is 31.2 Å². The predicted octanol–water partition coefficient (Wildman–Crippen LogP) is 4.99. The summed E-state index contributed by atoms with van der Waals surface area (Å²) in [5.41, 5.74) is 9.78. The highest BCUT2D eigenvalue weighted by molar-refractivity contribution is 6.30. The number of fused-ring (bicyclic) bond motifs is 1. The molecule has 1 saturated carbocycles. The van der Waals surface area contributed by atoms with Crippen LogP contribution in [0.4, 0.5) is 5.69 Å². The maximum Gasteiger partial charge on any atom is 0.252 e. The van der Waals surface area contributed by atoms with Gasteiger partial charge in [0, 0.05) is 22.8 Å². The summed E-state index contributed by atoms with van der Waals surface area (Å²) in [5, 5.41) is 8.72. The summed E-state index contributed by atoms with van der Waals surface area (Å²) in [7, 11) is 0. The van der Waals surface area contributed by atoms with E-state index in [1.54, 1.807) is 10.7 Å². The first-order chi connectivity index (χ1) is 13.3. The van der Waals surface area contributed by atoms with Gasteiger partial charge in [0.25, 0.3) is 5.91 Å². The number of benzene rings is 1. The standard InChI is InChI=1S/C22H25ClN4O/c1-13-7-8-19(22(13,2)3)26-20-17(21(24)28)11-25-27-12-15(10-18(20)27)14-5-4-6-16(23)9-14/h4-6,9-13,19,26H,7-8H2,1-3H3,(H2,24,28)/t13?,19-/m1/s1. The molecule has 1 aliphatic rings. The van der Waals surface area contributed by atoms with Crippen molar-refractivity contribution in [3.8, 4) is 11.1 Å². The highest BCUT2D eigenvalue weighted by Crippen LogP contribution is 2.44. The zero-order valence-corrected chi connectivity index (χ0v) is 17.1. The molecule has 0 bridgehead atoms. The Morgan fingerprint density at radius 2 is 2.07 bits per heavy atom. The summed E-state index contributed by atoms with van der Waals surface area (Å²) in [6.07, 6.45) is 5.71. The summed E-state index contributed by atoms with van der Waals surface area (Å²) in [6.45, 7) is 6.84. The van der Waals surface area contributed by atoms with Crippen molar-refractivity contribution in [2.75, 3.05) is 5.32 Å². The molecule has 3 N–H and O–H groups in total. The van der Waals surface area contributed by atoms with E-state index in [1.807, 2.05) is 36.5 Å². The van der Waals surface area contributed by atoms with Crippen molar-refractivity contribution in [2.24, 2.45) is 17.1 Å². The van der Waals surface area contributed by atoms with Gasteiger partial charge in [0.2, 0.25) is 0 Å². The first kappa shape index (κ1) is 18.8. The summed E-state index contributed by atoms with van der Waals surface area (Å²) in [5.74, 6) is 0.126. The quantitative estimate of drug-likeness (QED) is 0.652. The minimum absolute atomic E-state index is 0.123. The Labute approximate surface area is 169 Å². The fourth-order valence-corrected chi connectivity index (χ4v) is 4.35. The second-order valence-electron chi connectivity index (χ2n) is 8.36. The van der Waals surface area contributed by atoms with Gasteiger partial charge >= 0.3 is 0 Å². The molecule has 0 radical (unpaired) electrons. The Bertz CT molecular complexity index is 1060. The van der Waals surface area contributed by atoms with Crippen molar-refractivity contribution in [3.63, 3.8) is 0 Å². The lowest BCUT2D eigenvalue weighted by Gasteiger charge is -2.33. The molecule has 1 amide bonds. The van der Waals surface area contributed by atoms with Gasteiger partial charge in [-0.15, -0.1) is 0 Å². The van der Waals surface area contributed by atoms with Crippen LogP contribution in [0, 0.1) is 11.3 Å². The number of halogens is 1. The fraction of sp³-hybridized carbons (Fsp3) is 0.364. The van der Waals surface area contributed by atoms with Crippen LogP contribution in [0.1, 0.15) is 44.0 Å². The van der Waals surface area contributed by atoms with Crippen molar-refractivity contribution >= 4 is 28.7 Å². The zero-order valence-electron chi connectivity index (χ0n) is 16.4. The monoisotopic (exact) mass is 396 g/mol. The molecule has 28 heavy (non-hydrogen) atoms. The second kappa shape index (κ2) is 6.82. The van der Waals surface area contributed by atoms with Crippen LogP contribution in [0.5, 0.6) is 0 Å². The molecule has 2 heterocycles. The van der Waals surface area contributed by atoms with E-state index in [4.69, 9.17) is 17.3 Å². The Morgan fingerprint density at radius 1 is 1.29 bits per heavy atom. The number of carbonyl (C=O) groups is 1. The first-order valence-corrected chi connectivity index (χ1v) is 9.99. The minimum atomic E-state index is -0.480. The van der Waals surface area contributed by atoms with E-state index in [-0.39, 0.29) is 11.5 Å². The van der Waals surface area contributed by atoms with Gasteiger partial charge in [-0.2, -0.15) is 5.10 Å². The molecule has 3 aromatic rings. The van der Waals surface area contributed by atoms with Crippen molar-refractivity contribution in [1.29, 1.82) is 0 Å². The number of carbonyl (C=O) groups excluding carboxylic acids is 1. The van der Waals surface area contributed by atoms with Gasteiger partial charge in [0.05, 0.1) is 23.0 Å². The van der Waals surface area contributed by atoms with E-state index >= 15 is 0 Å². The lowest BCUT2D eigenvalue weighted by molar-refractivity contribution is 0.100. The molecular formula is C22H25ClN4O. The lowest BCUT2D eigenvalue weighted by atomic mass is 9.80. The minimum Gasteiger partial charge on any atom is -0.379 e. The molecule has 1 aromatic carbocycles. The van der Waals surface area contributed by atoms with Gasteiger partial charge in [0.1, 0.15) is 0 Å². The zero-order chi connectivity index (χ0) is 20.1. The van der Waals surface area contributed by atoms with Gasteiger partial charge in [0.15, 0.2) is 0 Å². The number of nitrogens with zero attached hydrogens (tertiary/aromatic N) is 2. The maximum atomic E-state index is 12.1. The number of amides is 1. The third-order valence-corrected chi connectivity index (χ3v) is 6.67. The largest absolute Gasteiger partial charge is 0.379 e. The number of anilines is 1. The molecule has 0 saturated heterocycles. The maximum absolute atomic E-state index is 12.1. The summed E-state index contributed by atoms with van der Waals surface area (Å²) < 4.78 is 1.79. The molecule has 146 valence electrons. The summed E-state index contributed by atoms with van der Waals surface area (Å²) in [6, 6.07) is 9.98. The van der Waals surface area contributed by atoms with Gasteiger partial charge in [-0.1, -0.05) is 44.5 Å².